The van der Waals surface area contributed by atoms with E-state index in [1.54, 1.807) is 0 Å². The van der Waals surface area contributed by atoms with E-state index in [4.69, 9.17) is 40.9 Å². The Balaban J connectivity index is 1.16. The van der Waals surface area contributed by atoms with Gasteiger partial charge in [0, 0.05) is 57.1 Å². The molecular formula is C33H43ClN6O4Si. The highest BCUT2D eigenvalue weighted by Gasteiger charge is 2.51. The summed E-state index contributed by atoms with van der Waals surface area (Å²) < 4.78 is 20.6. The zero-order valence-corrected chi connectivity index (χ0v) is 28.9. The van der Waals surface area contributed by atoms with E-state index in [-0.39, 0.29) is 23.5 Å². The standard InChI is InChI=1S/C33H43ClN6O4Si/c1-32(2,3)44-31(41)40-21-11-12-22(40)17-38(16-21)29-24-19-43-33(15-27(24)35-30(34)36-29)25-10-8-7-9-23(25)28-26(33)18-39(37-28)20-42-13-14-45(4,5)6/h7-10,18,21-22H,11-17,19-20H2,1-6H3/t21-,22+,33?. The second-order valence-corrected chi connectivity index (χ2v) is 21.0. The van der Waals surface area contributed by atoms with Crippen LogP contribution in [0.1, 0.15) is 56.0 Å². The molecule has 2 saturated heterocycles. The van der Waals surface area contributed by atoms with Crippen LogP contribution in [0.5, 0.6) is 0 Å². The molecule has 1 aliphatic carbocycles. The number of piperazine rings is 1. The first-order valence-corrected chi connectivity index (χ1v) is 20.1. The van der Waals surface area contributed by atoms with Gasteiger partial charge in [-0.2, -0.15) is 5.10 Å². The summed E-state index contributed by atoms with van der Waals surface area (Å²) >= 11 is 6.64. The lowest BCUT2D eigenvalue weighted by Crippen LogP contribution is -2.57. The van der Waals surface area contributed by atoms with E-state index in [0.717, 1.165) is 65.0 Å². The van der Waals surface area contributed by atoms with E-state index in [0.29, 0.717) is 32.8 Å². The van der Waals surface area contributed by atoms with Crippen molar-refractivity contribution in [2.75, 3.05) is 24.6 Å². The number of carbonyl (C=O) groups excluding carboxylic acids is 1. The number of rotatable bonds is 6. The highest BCUT2D eigenvalue weighted by Crippen LogP contribution is 2.53. The number of carbonyl (C=O) groups is 1. The molecule has 5 heterocycles. The van der Waals surface area contributed by atoms with Crippen molar-refractivity contribution >= 4 is 31.6 Å². The van der Waals surface area contributed by atoms with Crippen LogP contribution in [0.2, 0.25) is 31.0 Å². The SMILES string of the molecule is CC(C)(C)OC(=O)N1[C@@H]2CC[C@H]1CN(c1nc(Cl)nc3c1COC1(C3)c3ccccc3-c3nn(COCC[Si](C)(C)C)cc31)C2. The van der Waals surface area contributed by atoms with Gasteiger partial charge in [-0.25, -0.2) is 19.4 Å². The van der Waals surface area contributed by atoms with E-state index in [1.807, 2.05) is 36.4 Å². The predicted octanol–water partition coefficient (Wildman–Crippen LogP) is 6.22. The van der Waals surface area contributed by atoms with Crippen molar-refractivity contribution in [3.63, 3.8) is 0 Å². The van der Waals surface area contributed by atoms with Crippen LogP contribution in [0.4, 0.5) is 10.6 Å². The number of fused-ring (bicyclic) bond motifs is 8. The van der Waals surface area contributed by atoms with Crippen molar-refractivity contribution in [1.29, 1.82) is 0 Å². The molecule has 0 saturated carbocycles. The fraction of sp³-hybridized carbons (Fsp3) is 0.576. The van der Waals surface area contributed by atoms with E-state index in [2.05, 4.69) is 48.9 Å². The van der Waals surface area contributed by atoms with E-state index in [9.17, 15) is 4.79 Å². The molecule has 10 nitrogen and oxygen atoms in total. The van der Waals surface area contributed by atoms with Crippen LogP contribution >= 0.6 is 11.6 Å². The summed E-state index contributed by atoms with van der Waals surface area (Å²) in [7, 11) is -1.18. The summed E-state index contributed by atoms with van der Waals surface area (Å²) in [6.07, 6.45) is 4.24. The largest absolute Gasteiger partial charge is 0.444 e. The number of halogens is 1. The van der Waals surface area contributed by atoms with Crippen molar-refractivity contribution in [3.8, 4) is 11.3 Å². The minimum Gasteiger partial charge on any atom is -0.444 e. The third-order valence-corrected chi connectivity index (χ3v) is 11.2. The normalized spacial score (nSPS) is 23.7. The maximum absolute atomic E-state index is 13.1. The number of nitrogens with zero attached hydrogens (tertiary/aromatic N) is 6. The van der Waals surface area contributed by atoms with Crippen molar-refractivity contribution in [3.05, 3.63) is 58.1 Å². The molecule has 1 amide bonds. The molecule has 3 atom stereocenters. The highest BCUT2D eigenvalue weighted by atomic mass is 35.5. The number of aromatic nitrogens is 4. The van der Waals surface area contributed by atoms with Gasteiger partial charge in [0.15, 0.2) is 0 Å². The zero-order chi connectivity index (χ0) is 31.7. The molecule has 240 valence electrons. The maximum atomic E-state index is 13.1. The summed E-state index contributed by atoms with van der Waals surface area (Å²) in [5.41, 5.74) is 4.73. The second-order valence-electron chi connectivity index (χ2n) is 15.0. The molecule has 0 N–H and O–H groups in total. The lowest BCUT2D eigenvalue weighted by molar-refractivity contribution is -0.0404. The zero-order valence-electron chi connectivity index (χ0n) is 27.1. The molecule has 2 fully saturated rings. The number of benzene rings is 1. The minimum atomic E-state index is -1.18. The van der Waals surface area contributed by atoms with Crippen LogP contribution in [-0.2, 0) is 39.6 Å². The number of hydrogen-bond acceptors (Lipinski definition) is 8. The molecular weight excluding hydrogens is 608 g/mol. The van der Waals surface area contributed by atoms with Crippen molar-refractivity contribution < 1.29 is 19.0 Å². The number of ether oxygens (including phenoxy) is 3. The third kappa shape index (κ3) is 5.66. The van der Waals surface area contributed by atoms with Crippen LogP contribution < -0.4 is 4.90 Å². The Morgan fingerprint density at radius 2 is 1.84 bits per heavy atom. The molecule has 2 aromatic heterocycles. The van der Waals surface area contributed by atoms with Gasteiger partial charge >= 0.3 is 6.09 Å². The third-order valence-electron chi connectivity index (χ3n) is 9.34. The topological polar surface area (TPSA) is 94.8 Å². The minimum absolute atomic E-state index is 0.0573. The van der Waals surface area contributed by atoms with E-state index in [1.165, 1.54) is 0 Å². The molecule has 4 aliphatic rings. The summed E-state index contributed by atoms with van der Waals surface area (Å²) in [6, 6.07) is 9.57. The lowest BCUT2D eigenvalue weighted by Gasteiger charge is -2.43. The van der Waals surface area contributed by atoms with E-state index < -0.39 is 19.3 Å². The Morgan fingerprint density at radius 1 is 1.11 bits per heavy atom. The average molecular weight is 651 g/mol. The van der Waals surface area contributed by atoms with Gasteiger partial charge in [-0.15, -0.1) is 0 Å². The van der Waals surface area contributed by atoms with Gasteiger partial charge in [0.1, 0.15) is 23.8 Å². The van der Waals surface area contributed by atoms with Crippen LogP contribution in [0, 0.1) is 0 Å². The summed E-state index contributed by atoms with van der Waals surface area (Å²) in [6.45, 7) is 15.6. The fourth-order valence-electron chi connectivity index (χ4n) is 7.27. The van der Waals surface area contributed by atoms with Crippen molar-refractivity contribution in [2.24, 2.45) is 0 Å². The van der Waals surface area contributed by atoms with Crippen molar-refractivity contribution in [1.82, 2.24) is 24.6 Å². The van der Waals surface area contributed by atoms with Crippen LogP contribution in [-0.4, -0.2) is 76.2 Å². The molecule has 2 bridgehead atoms. The Kier molecular flexibility index (Phi) is 7.54. The van der Waals surface area contributed by atoms with Crippen LogP contribution in [0.3, 0.4) is 0 Å². The lowest BCUT2D eigenvalue weighted by atomic mass is 9.84. The Bertz CT molecular complexity index is 1620. The Labute approximate surface area is 271 Å². The summed E-state index contributed by atoms with van der Waals surface area (Å²) in [4.78, 5) is 26.8. The van der Waals surface area contributed by atoms with Gasteiger partial charge < -0.3 is 19.1 Å². The summed E-state index contributed by atoms with van der Waals surface area (Å²) in [5.74, 6) is 0.804. The first kappa shape index (κ1) is 30.6. The molecule has 1 aromatic carbocycles. The Hall–Kier alpha value is -2.99. The average Bonchev–Trinajstić information content (AvgIpc) is 3.58. The van der Waals surface area contributed by atoms with Gasteiger partial charge in [-0.1, -0.05) is 43.9 Å². The maximum Gasteiger partial charge on any atom is 0.410 e. The number of hydrogen-bond donors (Lipinski definition) is 0. The summed E-state index contributed by atoms with van der Waals surface area (Å²) in [5, 5.41) is 5.18. The second kappa shape index (κ2) is 11.1. The number of anilines is 1. The molecule has 7 rings (SSSR count). The molecule has 1 spiro atoms. The molecule has 45 heavy (non-hydrogen) atoms. The van der Waals surface area contributed by atoms with Crippen LogP contribution in [0.25, 0.3) is 11.3 Å². The fourth-order valence-corrected chi connectivity index (χ4v) is 8.20. The van der Waals surface area contributed by atoms with Crippen LogP contribution in [0.15, 0.2) is 30.5 Å². The smallest absolute Gasteiger partial charge is 0.410 e. The van der Waals surface area contributed by atoms with Gasteiger partial charge in [0.25, 0.3) is 0 Å². The number of amides is 1. The highest BCUT2D eigenvalue weighted by molar-refractivity contribution is 6.76. The van der Waals surface area contributed by atoms with Gasteiger partial charge in [0.05, 0.1) is 30.1 Å². The first-order valence-electron chi connectivity index (χ1n) is 16.0. The van der Waals surface area contributed by atoms with Crippen molar-refractivity contribution in [2.45, 2.75) is 102 Å². The van der Waals surface area contributed by atoms with E-state index >= 15 is 0 Å². The molecule has 0 radical (unpaired) electrons. The molecule has 3 aromatic rings. The molecule has 12 heteroatoms. The van der Waals surface area contributed by atoms with Gasteiger partial charge in [0.2, 0.25) is 5.28 Å². The van der Waals surface area contributed by atoms with Gasteiger partial charge in [-0.05, 0) is 56.8 Å². The molecule has 1 unspecified atom stereocenters. The van der Waals surface area contributed by atoms with Gasteiger partial charge in [-0.3, -0.25) is 4.90 Å². The first-order chi connectivity index (χ1) is 21.3. The monoisotopic (exact) mass is 650 g/mol. The quantitative estimate of drug-likeness (QED) is 0.176. The molecule has 3 aliphatic heterocycles. The predicted molar refractivity (Wildman–Crippen MR) is 175 cm³/mol. The Morgan fingerprint density at radius 3 is 2.56 bits per heavy atom.